The van der Waals surface area contributed by atoms with Crippen LogP contribution in [-0.4, -0.2) is 85.6 Å². The SMILES string of the molecule is C=C[C@](C)(CO)N1CCO[C@@H](CN(CCOC)C(=O)c2cccc(C(F)(F)F)c2)C1. The van der Waals surface area contributed by atoms with Crippen LogP contribution < -0.4 is 0 Å². The molecule has 0 radical (unpaired) electrons. The fourth-order valence-electron chi connectivity index (χ4n) is 3.32. The van der Waals surface area contributed by atoms with Crippen LogP contribution in [0.3, 0.4) is 0 Å². The van der Waals surface area contributed by atoms with Crippen molar-refractivity contribution in [3.05, 3.63) is 48.0 Å². The lowest BCUT2D eigenvalue weighted by molar-refractivity contribution is -0.137. The summed E-state index contributed by atoms with van der Waals surface area (Å²) in [7, 11) is 1.49. The average Bonchev–Trinajstić information content (AvgIpc) is 2.75. The predicted molar refractivity (Wildman–Crippen MR) is 106 cm³/mol. The number of hydrogen-bond acceptors (Lipinski definition) is 5. The summed E-state index contributed by atoms with van der Waals surface area (Å²) in [6, 6.07) is 4.38. The zero-order valence-electron chi connectivity index (χ0n) is 17.3. The molecular weight excluding hydrogens is 401 g/mol. The number of rotatable bonds is 9. The van der Waals surface area contributed by atoms with Gasteiger partial charge in [0.15, 0.2) is 0 Å². The van der Waals surface area contributed by atoms with E-state index in [0.717, 1.165) is 12.1 Å². The number of benzene rings is 1. The number of halogens is 3. The van der Waals surface area contributed by atoms with Gasteiger partial charge in [-0.25, -0.2) is 0 Å². The van der Waals surface area contributed by atoms with Crippen LogP contribution in [0, 0.1) is 0 Å². The van der Waals surface area contributed by atoms with E-state index >= 15 is 0 Å². The first-order chi connectivity index (χ1) is 14.1. The molecule has 0 aliphatic carbocycles. The molecule has 0 bridgehead atoms. The Balaban J connectivity index is 2.17. The number of aliphatic hydroxyl groups excluding tert-OH is 1. The summed E-state index contributed by atoms with van der Waals surface area (Å²) in [5.41, 5.74) is -1.53. The molecule has 0 spiro atoms. The number of nitrogens with zero attached hydrogens (tertiary/aromatic N) is 2. The van der Waals surface area contributed by atoms with Gasteiger partial charge >= 0.3 is 6.18 Å². The minimum atomic E-state index is -4.53. The van der Waals surface area contributed by atoms with Crippen molar-refractivity contribution in [3.8, 4) is 0 Å². The van der Waals surface area contributed by atoms with Crippen LogP contribution in [0.25, 0.3) is 0 Å². The summed E-state index contributed by atoms with van der Waals surface area (Å²) >= 11 is 0. The summed E-state index contributed by atoms with van der Waals surface area (Å²) < 4.78 is 50.0. The molecule has 1 fully saturated rings. The lowest BCUT2D eigenvalue weighted by Gasteiger charge is -2.43. The molecule has 0 saturated carbocycles. The lowest BCUT2D eigenvalue weighted by Crippen LogP contribution is -2.57. The van der Waals surface area contributed by atoms with Crippen LogP contribution in [0.15, 0.2) is 36.9 Å². The summed E-state index contributed by atoms with van der Waals surface area (Å²) in [4.78, 5) is 16.4. The van der Waals surface area contributed by atoms with Crippen molar-refractivity contribution in [2.24, 2.45) is 0 Å². The number of morpholine rings is 1. The molecule has 2 rings (SSSR count). The zero-order chi connectivity index (χ0) is 22.4. The first kappa shape index (κ1) is 24.3. The highest BCUT2D eigenvalue weighted by Crippen LogP contribution is 2.30. The Hall–Kier alpha value is -1.94. The molecule has 1 amide bonds. The van der Waals surface area contributed by atoms with E-state index in [4.69, 9.17) is 9.47 Å². The third-order valence-electron chi connectivity index (χ3n) is 5.33. The zero-order valence-corrected chi connectivity index (χ0v) is 17.3. The van der Waals surface area contributed by atoms with Crippen LogP contribution in [0.2, 0.25) is 0 Å². The van der Waals surface area contributed by atoms with Crippen LogP contribution >= 0.6 is 0 Å². The van der Waals surface area contributed by atoms with Crippen molar-refractivity contribution in [2.45, 2.75) is 24.7 Å². The maximum Gasteiger partial charge on any atom is 0.416 e. The molecule has 0 aromatic heterocycles. The Morgan fingerprint density at radius 3 is 2.80 bits per heavy atom. The van der Waals surface area contributed by atoms with E-state index in [0.29, 0.717) is 19.7 Å². The van der Waals surface area contributed by atoms with E-state index in [2.05, 4.69) is 6.58 Å². The van der Waals surface area contributed by atoms with Gasteiger partial charge in [-0.3, -0.25) is 9.69 Å². The van der Waals surface area contributed by atoms with Crippen molar-refractivity contribution in [2.75, 3.05) is 53.1 Å². The van der Waals surface area contributed by atoms with Crippen LogP contribution in [-0.2, 0) is 15.7 Å². The fourth-order valence-corrected chi connectivity index (χ4v) is 3.32. The number of alkyl halides is 3. The normalized spacial score (nSPS) is 19.9. The molecule has 6 nitrogen and oxygen atoms in total. The standard InChI is InChI=1S/C21H29F3N2O4/c1-4-20(2,15-27)26-9-11-30-18(14-26)13-25(8-10-29-3)19(28)16-6-5-7-17(12-16)21(22,23)24/h4-7,12,18,27H,1,8-11,13-15H2,2-3H3/t18-,20+/m0/s1. The predicted octanol–water partition coefficient (Wildman–Crippen LogP) is 2.43. The molecule has 1 aromatic carbocycles. The molecule has 1 N–H and O–H groups in total. The van der Waals surface area contributed by atoms with Gasteiger partial charge in [-0.2, -0.15) is 13.2 Å². The number of carbonyl (C=O) groups excluding carboxylic acids is 1. The molecule has 1 heterocycles. The van der Waals surface area contributed by atoms with Gasteiger partial charge in [0.1, 0.15) is 0 Å². The Bertz CT molecular complexity index is 728. The van der Waals surface area contributed by atoms with E-state index in [9.17, 15) is 23.1 Å². The fraction of sp³-hybridized carbons (Fsp3) is 0.571. The van der Waals surface area contributed by atoms with Crippen LogP contribution in [0.1, 0.15) is 22.8 Å². The molecular formula is C21H29F3N2O4. The molecule has 1 aliphatic heterocycles. The first-order valence-corrected chi connectivity index (χ1v) is 9.71. The molecule has 2 atom stereocenters. The summed E-state index contributed by atoms with van der Waals surface area (Å²) in [5, 5.41) is 9.72. The van der Waals surface area contributed by atoms with Crippen molar-refractivity contribution < 1.29 is 32.5 Å². The highest BCUT2D eigenvalue weighted by atomic mass is 19.4. The van der Waals surface area contributed by atoms with Crippen molar-refractivity contribution >= 4 is 5.91 Å². The van der Waals surface area contributed by atoms with Crippen molar-refractivity contribution in [1.82, 2.24) is 9.80 Å². The van der Waals surface area contributed by atoms with E-state index in [1.54, 1.807) is 6.08 Å². The van der Waals surface area contributed by atoms with Gasteiger partial charge in [-0.1, -0.05) is 12.1 Å². The number of aliphatic hydroxyl groups is 1. The number of amides is 1. The molecule has 9 heteroatoms. The van der Waals surface area contributed by atoms with Gasteiger partial charge in [0, 0.05) is 38.9 Å². The molecule has 1 aromatic rings. The van der Waals surface area contributed by atoms with E-state index in [-0.39, 0.29) is 38.0 Å². The smallest absolute Gasteiger partial charge is 0.394 e. The van der Waals surface area contributed by atoms with Gasteiger partial charge in [-0.15, -0.1) is 6.58 Å². The second-order valence-corrected chi connectivity index (χ2v) is 7.48. The second-order valence-electron chi connectivity index (χ2n) is 7.48. The van der Waals surface area contributed by atoms with E-state index < -0.39 is 23.2 Å². The average molecular weight is 430 g/mol. The number of carbonyl (C=O) groups is 1. The Morgan fingerprint density at radius 1 is 1.47 bits per heavy atom. The molecule has 30 heavy (non-hydrogen) atoms. The molecule has 1 aliphatic rings. The van der Waals surface area contributed by atoms with Gasteiger partial charge in [0.25, 0.3) is 5.91 Å². The summed E-state index contributed by atoms with van der Waals surface area (Å²) in [5.74, 6) is -0.521. The Kier molecular flexibility index (Phi) is 8.42. The van der Waals surface area contributed by atoms with Gasteiger partial charge in [-0.05, 0) is 25.1 Å². The topological polar surface area (TPSA) is 62.2 Å². The largest absolute Gasteiger partial charge is 0.416 e. The van der Waals surface area contributed by atoms with Crippen molar-refractivity contribution in [3.63, 3.8) is 0 Å². The van der Waals surface area contributed by atoms with Gasteiger partial charge in [0.05, 0.1) is 37.0 Å². The van der Waals surface area contributed by atoms with Crippen LogP contribution in [0.5, 0.6) is 0 Å². The first-order valence-electron chi connectivity index (χ1n) is 9.71. The molecule has 168 valence electrons. The quantitative estimate of drug-likeness (QED) is 0.610. The maximum atomic E-state index is 13.0. The molecule has 1 saturated heterocycles. The lowest BCUT2D eigenvalue weighted by atomic mass is 9.99. The van der Waals surface area contributed by atoms with E-state index in [1.807, 2.05) is 11.8 Å². The number of methoxy groups -OCH3 is 1. The monoisotopic (exact) mass is 430 g/mol. The number of hydrogen-bond donors (Lipinski definition) is 1. The van der Waals surface area contributed by atoms with Gasteiger partial charge < -0.3 is 19.5 Å². The van der Waals surface area contributed by atoms with Crippen molar-refractivity contribution in [1.29, 1.82) is 0 Å². The Morgan fingerprint density at radius 2 is 2.20 bits per heavy atom. The third kappa shape index (κ3) is 6.04. The van der Waals surface area contributed by atoms with E-state index in [1.165, 1.54) is 24.1 Å². The minimum absolute atomic E-state index is 0.0418. The molecule has 0 unspecified atom stereocenters. The third-order valence-corrected chi connectivity index (χ3v) is 5.33. The minimum Gasteiger partial charge on any atom is -0.394 e. The maximum absolute atomic E-state index is 13.0. The highest BCUT2D eigenvalue weighted by molar-refractivity contribution is 5.94. The summed E-state index contributed by atoms with van der Waals surface area (Å²) in [6.07, 6.45) is -3.22. The summed E-state index contributed by atoms with van der Waals surface area (Å²) in [6.45, 7) is 7.62. The van der Waals surface area contributed by atoms with Gasteiger partial charge in [0.2, 0.25) is 0 Å². The Labute approximate surface area is 174 Å². The highest BCUT2D eigenvalue weighted by Gasteiger charge is 2.35. The van der Waals surface area contributed by atoms with Crippen LogP contribution in [0.4, 0.5) is 13.2 Å². The second kappa shape index (κ2) is 10.4. The number of ether oxygens (including phenoxy) is 2.